The number of nitrogens with zero attached hydrogens (tertiary/aromatic N) is 2. The van der Waals surface area contributed by atoms with Gasteiger partial charge in [-0.05, 0) is 37.3 Å². The SMILES string of the molecule is CCn1cc(C(=O)O)c(=O)c2ccc(N3CC4CC=CC(N)C4C3)c(Cl)c21. The van der Waals surface area contributed by atoms with Gasteiger partial charge in [-0.25, -0.2) is 4.79 Å². The minimum atomic E-state index is -1.23. The van der Waals surface area contributed by atoms with E-state index >= 15 is 0 Å². The van der Waals surface area contributed by atoms with Gasteiger partial charge in [-0.15, -0.1) is 0 Å². The van der Waals surface area contributed by atoms with E-state index in [0.717, 1.165) is 25.2 Å². The molecule has 1 saturated heterocycles. The summed E-state index contributed by atoms with van der Waals surface area (Å²) in [5.74, 6) is -0.335. The summed E-state index contributed by atoms with van der Waals surface area (Å²) < 4.78 is 1.74. The van der Waals surface area contributed by atoms with Crippen LogP contribution in [0.2, 0.25) is 5.02 Å². The van der Waals surface area contributed by atoms with Gasteiger partial charge < -0.3 is 20.3 Å². The van der Waals surface area contributed by atoms with Crippen molar-refractivity contribution in [1.82, 2.24) is 4.57 Å². The molecule has 3 unspecified atom stereocenters. The summed E-state index contributed by atoms with van der Waals surface area (Å²) in [4.78, 5) is 26.2. The zero-order valence-corrected chi connectivity index (χ0v) is 15.8. The Morgan fingerprint density at radius 3 is 2.81 bits per heavy atom. The molecule has 4 rings (SSSR count). The van der Waals surface area contributed by atoms with Gasteiger partial charge in [0.1, 0.15) is 5.56 Å². The van der Waals surface area contributed by atoms with Crippen molar-refractivity contribution in [1.29, 1.82) is 0 Å². The molecule has 2 aliphatic rings. The number of allylic oxidation sites excluding steroid dienone is 1. The molecule has 1 fully saturated rings. The van der Waals surface area contributed by atoms with Crippen LogP contribution in [-0.2, 0) is 6.54 Å². The summed E-state index contributed by atoms with van der Waals surface area (Å²) in [5, 5.41) is 10.1. The number of carboxylic acid groups (broad SMARTS) is 1. The maximum absolute atomic E-state index is 12.6. The van der Waals surface area contributed by atoms with Gasteiger partial charge in [-0.3, -0.25) is 4.79 Å². The first-order valence-corrected chi connectivity index (χ1v) is 9.56. The van der Waals surface area contributed by atoms with Crippen LogP contribution < -0.4 is 16.1 Å². The van der Waals surface area contributed by atoms with Crippen LogP contribution in [0.4, 0.5) is 5.69 Å². The molecule has 142 valence electrons. The van der Waals surface area contributed by atoms with Crippen molar-refractivity contribution in [2.45, 2.75) is 25.9 Å². The topological polar surface area (TPSA) is 88.6 Å². The highest BCUT2D eigenvalue weighted by atomic mass is 35.5. The van der Waals surface area contributed by atoms with Crippen LogP contribution in [0.25, 0.3) is 10.9 Å². The quantitative estimate of drug-likeness (QED) is 0.790. The van der Waals surface area contributed by atoms with Gasteiger partial charge in [0.05, 0.1) is 16.2 Å². The number of pyridine rings is 1. The van der Waals surface area contributed by atoms with Crippen LogP contribution in [0.5, 0.6) is 0 Å². The molecule has 2 heterocycles. The van der Waals surface area contributed by atoms with E-state index in [1.54, 1.807) is 10.6 Å². The van der Waals surface area contributed by atoms with E-state index < -0.39 is 11.4 Å². The molecule has 0 spiro atoms. The molecule has 7 heteroatoms. The molecular weight excluding hydrogens is 366 g/mol. The van der Waals surface area contributed by atoms with E-state index in [1.165, 1.54) is 6.20 Å². The number of hydrogen-bond acceptors (Lipinski definition) is 4. The molecular formula is C20H22ClN3O3. The van der Waals surface area contributed by atoms with Gasteiger partial charge in [0.2, 0.25) is 5.43 Å². The molecule has 0 radical (unpaired) electrons. The Labute approximate surface area is 161 Å². The van der Waals surface area contributed by atoms with Crippen molar-refractivity contribution < 1.29 is 9.90 Å². The molecule has 27 heavy (non-hydrogen) atoms. The first-order chi connectivity index (χ1) is 12.9. The Balaban J connectivity index is 1.83. The molecule has 1 aliphatic carbocycles. The van der Waals surface area contributed by atoms with E-state index in [2.05, 4.69) is 17.1 Å². The van der Waals surface area contributed by atoms with Crippen molar-refractivity contribution in [2.75, 3.05) is 18.0 Å². The fourth-order valence-electron chi connectivity index (χ4n) is 4.42. The van der Waals surface area contributed by atoms with Crippen LogP contribution >= 0.6 is 11.6 Å². The Kier molecular flexibility index (Phi) is 4.48. The molecule has 2 aromatic rings. The Morgan fingerprint density at radius 1 is 1.37 bits per heavy atom. The molecule has 1 aliphatic heterocycles. The van der Waals surface area contributed by atoms with Crippen LogP contribution in [0.15, 0.2) is 35.3 Å². The minimum absolute atomic E-state index is 0.0555. The fraction of sp³-hybridized carbons (Fsp3) is 0.400. The number of carboxylic acids is 1. The van der Waals surface area contributed by atoms with Gasteiger partial charge in [-0.1, -0.05) is 23.8 Å². The fourth-order valence-corrected chi connectivity index (χ4v) is 4.81. The minimum Gasteiger partial charge on any atom is -0.477 e. The Morgan fingerprint density at radius 2 is 2.15 bits per heavy atom. The molecule has 1 aromatic carbocycles. The average molecular weight is 388 g/mol. The number of aryl methyl sites for hydroxylation is 1. The molecule has 1 aromatic heterocycles. The van der Waals surface area contributed by atoms with E-state index in [0.29, 0.717) is 34.3 Å². The lowest BCUT2D eigenvalue weighted by molar-refractivity contribution is 0.0695. The maximum Gasteiger partial charge on any atom is 0.341 e. The highest BCUT2D eigenvalue weighted by molar-refractivity contribution is 6.38. The van der Waals surface area contributed by atoms with Crippen LogP contribution in [-0.4, -0.2) is 34.8 Å². The number of anilines is 1. The van der Waals surface area contributed by atoms with E-state index in [9.17, 15) is 14.7 Å². The summed E-state index contributed by atoms with van der Waals surface area (Å²) in [5.41, 5.74) is 6.97. The largest absolute Gasteiger partial charge is 0.477 e. The molecule has 3 atom stereocenters. The molecule has 0 amide bonds. The zero-order chi connectivity index (χ0) is 19.3. The van der Waals surface area contributed by atoms with Crippen LogP contribution in [0, 0.1) is 11.8 Å². The summed E-state index contributed by atoms with van der Waals surface area (Å²) in [6.45, 7) is 4.11. The number of aromatic carboxylic acids is 1. The lowest BCUT2D eigenvalue weighted by atomic mass is 9.83. The van der Waals surface area contributed by atoms with Gasteiger partial charge in [0, 0.05) is 37.3 Å². The number of nitrogens with two attached hydrogens (primary N) is 1. The monoisotopic (exact) mass is 387 g/mol. The number of benzene rings is 1. The van der Waals surface area contributed by atoms with Crippen LogP contribution in [0.1, 0.15) is 23.7 Å². The number of fused-ring (bicyclic) bond motifs is 2. The van der Waals surface area contributed by atoms with Crippen molar-refractivity contribution in [2.24, 2.45) is 17.6 Å². The molecule has 3 N–H and O–H groups in total. The predicted octanol–water partition coefficient (Wildman–Crippen LogP) is 2.71. The number of halogens is 1. The second-order valence-corrected chi connectivity index (χ2v) is 7.71. The van der Waals surface area contributed by atoms with Crippen molar-refractivity contribution >= 4 is 34.2 Å². The van der Waals surface area contributed by atoms with Gasteiger partial charge in [0.15, 0.2) is 0 Å². The zero-order valence-electron chi connectivity index (χ0n) is 15.1. The van der Waals surface area contributed by atoms with Gasteiger partial charge >= 0.3 is 5.97 Å². The maximum atomic E-state index is 12.6. The van der Waals surface area contributed by atoms with Crippen LogP contribution in [0.3, 0.4) is 0 Å². The third kappa shape index (κ3) is 2.84. The van der Waals surface area contributed by atoms with Gasteiger partial charge in [-0.2, -0.15) is 0 Å². The van der Waals surface area contributed by atoms with Crippen molar-refractivity contribution in [3.8, 4) is 0 Å². The standard InChI is InChI=1S/C20H22ClN3O3/c1-2-23-10-14(20(26)27)19(25)12-6-7-16(17(21)18(12)23)24-8-11-4-3-5-15(22)13(11)9-24/h3,5-7,10-11,13,15H,2,4,8-9,22H2,1H3,(H,26,27). The summed E-state index contributed by atoms with van der Waals surface area (Å²) in [7, 11) is 0. The Hall–Kier alpha value is -2.31. The molecule has 6 nitrogen and oxygen atoms in total. The number of aromatic nitrogens is 1. The second-order valence-electron chi connectivity index (χ2n) is 7.33. The normalized spacial score (nSPS) is 24.4. The first-order valence-electron chi connectivity index (χ1n) is 9.18. The molecule has 0 bridgehead atoms. The Bertz CT molecular complexity index is 1010. The first kappa shape index (κ1) is 18.1. The smallest absolute Gasteiger partial charge is 0.341 e. The predicted molar refractivity (Wildman–Crippen MR) is 107 cm³/mol. The number of rotatable bonds is 3. The summed E-state index contributed by atoms with van der Waals surface area (Å²) >= 11 is 6.75. The highest BCUT2D eigenvalue weighted by Crippen LogP contribution is 2.39. The lowest BCUT2D eigenvalue weighted by Gasteiger charge is -2.25. The van der Waals surface area contributed by atoms with Crippen molar-refractivity contribution in [3.63, 3.8) is 0 Å². The lowest BCUT2D eigenvalue weighted by Crippen LogP contribution is -2.35. The van der Waals surface area contributed by atoms with E-state index in [4.69, 9.17) is 17.3 Å². The number of carbonyl (C=O) groups is 1. The third-order valence-corrected chi connectivity index (χ3v) is 6.22. The van der Waals surface area contributed by atoms with E-state index in [-0.39, 0.29) is 11.6 Å². The highest BCUT2D eigenvalue weighted by Gasteiger charge is 2.37. The average Bonchev–Trinajstić information content (AvgIpc) is 3.07. The van der Waals surface area contributed by atoms with E-state index in [1.807, 2.05) is 13.0 Å². The van der Waals surface area contributed by atoms with Crippen molar-refractivity contribution in [3.05, 3.63) is 51.3 Å². The summed E-state index contributed by atoms with van der Waals surface area (Å²) in [6.07, 6.45) is 6.63. The molecule has 0 saturated carbocycles. The number of hydrogen-bond donors (Lipinski definition) is 2. The van der Waals surface area contributed by atoms with Gasteiger partial charge in [0.25, 0.3) is 0 Å². The third-order valence-electron chi connectivity index (χ3n) is 5.85. The summed E-state index contributed by atoms with van der Waals surface area (Å²) in [6, 6.07) is 3.57. The second kappa shape index (κ2) is 6.69.